The molecule has 0 radical (unpaired) electrons. The molecule has 2 aromatic carbocycles. The molecular formula is C19H26N2. The SMILES string of the molecule is Cc1cccc(C)c1CC(NN)c1ccc(C(C)C)cc1. The van der Waals surface area contributed by atoms with Crippen LogP contribution in [0.3, 0.4) is 0 Å². The molecule has 0 bridgehead atoms. The summed E-state index contributed by atoms with van der Waals surface area (Å²) in [6, 6.07) is 15.4. The molecule has 0 aliphatic heterocycles. The maximum absolute atomic E-state index is 5.80. The zero-order chi connectivity index (χ0) is 15.4. The van der Waals surface area contributed by atoms with Gasteiger partial charge >= 0.3 is 0 Å². The summed E-state index contributed by atoms with van der Waals surface area (Å²) in [7, 11) is 0. The van der Waals surface area contributed by atoms with Gasteiger partial charge in [0.1, 0.15) is 0 Å². The van der Waals surface area contributed by atoms with E-state index in [4.69, 9.17) is 5.84 Å². The molecule has 0 aliphatic carbocycles. The van der Waals surface area contributed by atoms with Crippen LogP contribution in [-0.4, -0.2) is 0 Å². The highest BCUT2D eigenvalue weighted by molar-refractivity contribution is 5.36. The fourth-order valence-electron chi connectivity index (χ4n) is 2.76. The topological polar surface area (TPSA) is 38.0 Å². The summed E-state index contributed by atoms with van der Waals surface area (Å²) in [6.07, 6.45) is 0.913. The van der Waals surface area contributed by atoms with Crippen LogP contribution < -0.4 is 11.3 Å². The van der Waals surface area contributed by atoms with E-state index in [-0.39, 0.29) is 6.04 Å². The normalized spacial score (nSPS) is 12.7. The average Bonchev–Trinajstić information content (AvgIpc) is 2.47. The van der Waals surface area contributed by atoms with E-state index < -0.39 is 0 Å². The first-order valence-electron chi connectivity index (χ1n) is 7.64. The molecule has 1 atom stereocenters. The van der Waals surface area contributed by atoms with Crippen molar-refractivity contribution in [2.24, 2.45) is 5.84 Å². The minimum absolute atomic E-state index is 0.144. The third kappa shape index (κ3) is 3.72. The third-order valence-corrected chi connectivity index (χ3v) is 4.26. The molecule has 0 fully saturated rings. The first-order valence-corrected chi connectivity index (χ1v) is 7.64. The van der Waals surface area contributed by atoms with Crippen LogP contribution in [0.5, 0.6) is 0 Å². The standard InChI is InChI=1S/C19H26N2/c1-13(2)16-8-10-17(11-9-16)19(21-20)12-18-14(3)6-5-7-15(18)4/h5-11,13,19,21H,12,20H2,1-4H3. The molecule has 2 aromatic rings. The maximum Gasteiger partial charge on any atom is 0.0500 e. The second kappa shape index (κ2) is 6.88. The predicted octanol–water partition coefficient (Wildman–Crippen LogP) is 4.17. The van der Waals surface area contributed by atoms with Gasteiger partial charge in [0.15, 0.2) is 0 Å². The summed E-state index contributed by atoms with van der Waals surface area (Å²) in [4.78, 5) is 0. The second-order valence-corrected chi connectivity index (χ2v) is 6.12. The number of hydrogen-bond donors (Lipinski definition) is 2. The highest BCUT2D eigenvalue weighted by Crippen LogP contribution is 2.24. The third-order valence-electron chi connectivity index (χ3n) is 4.26. The minimum Gasteiger partial charge on any atom is -0.271 e. The molecule has 0 spiro atoms. The Kier molecular flexibility index (Phi) is 5.16. The molecule has 0 aromatic heterocycles. The van der Waals surface area contributed by atoms with Gasteiger partial charge in [0.2, 0.25) is 0 Å². The van der Waals surface area contributed by atoms with Crippen LogP contribution in [0.2, 0.25) is 0 Å². The molecule has 112 valence electrons. The van der Waals surface area contributed by atoms with Crippen molar-refractivity contribution in [1.82, 2.24) is 5.43 Å². The molecule has 0 aliphatic rings. The van der Waals surface area contributed by atoms with Crippen molar-refractivity contribution >= 4 is 0 Å². The van der Waals surface area contributed by atoms with E-state index in [2.05, 4.69) is 75.6 Å². The van der Waals surface area contributed by atoms with Gasteiger partial charge in [-0.1, -0.05) is 56.3 Å². The van der Waals surface area contributed by atoms with Crippen LogP contribution in [0.4, 0.5) is 0 Å². The van der Waals surface area contributed by atoms with Crippen molar-refractivity contribution in [3.8, 4) is 0 Å². The highest BCUT2D eigenvalue weighted by atomic mass is 15.2. The van der Waals surface area contributed by atoms with E-state index in [1.807, 2.05) is 0 Å². The molecule has 0 saturated carbocycles. The first-order chi connectivity index (χ1) is 10.0. The first kappa shape index (κ1) is 15.7. The van der Waals surface area contributed by atoms with E-state index in [9.17, 15) is 0 Å². The fraction of sp³-hybridized carbons (Fsp3) is 0.368. The number of benzene rings is 2. The number of hydrogen-bond acceptors (Lipinski definition) is 2. The monoisotopic (exact) mass is 282 g/mol. The Morgan fingerprint density at radius 3 is 1.90 bits per heavy atom. The summed E-state index contributed by atoms with van der Waals surface area (Å²) >= 11 is 0. The van der Waals surface area contributed by atoms with Crippen LogP contribution in [0, 0.1) is 13.8 Å². The van der Waals surface area contributed by atoms with E-state index >= 15 is 0 Å². The Balaban J connectivity index is 2.24. The fourth-order valence-corrected chi connectivity index (χ4v) is 2.76. The van der Waals surface area contributed by atoms with Crippen LogP contribution in [0.15, 0.2) is 42.5 Å². The lowest BCUT2D eigenvalue weighted by Crippen LogP contribution is -2.30. The summed E-state index contributed by atoms with van der Waals surface area (Å²) in [5, 5.41) is 0. The van der Waals surface area contributed by atoms with E-state index in [0.29, 0.717) is 5.92 Å². The quantitative estimate of drug-likeness (QED) is 0.638. The largest absolute Gasteiger partial charge is 0.271 e. The predicted molar refractivity (Wildman–Crippen MR) is 90.2 cm³/mol. The van der Waals surface area contributed by atoms with Gasteiger partial charge in [0, 0.05) is 6.04 Å². The van der Waals surface area contributed by atoms with E-state index in [0.717, 1.165) is 6.42 Å². The number of nitrogens with one attached hydrogen (secondary N) is 1. The lowest BCUT2D eigenvalue weighted by Gasteiger charge is -2.20. The van der Waals surface area contributed by atoms with Crippen LogP contribution in [-0.2, 0) is 6.42 Å². The summed E-state index contributed by atoms with van der Waals surface area (Å²) in [5.41, 5.74) is 9.61. The van der Waals surface area contributed by atoms with Gasteiger partial charge in [-0.2, -0.15) is 0 Å². The second-order valence-electron chi connectivity index (χ2n) is 6.12. The number of aryl methyl sites for hydroxylation is 2. The Labute approximate surface area is 128 Å². The summed E-state index contributed by atoms with van der Waals surface area (Å²) < 4.78 is 0. The lowest BCUT2D eigenvalue weighted by molar-refractivity contribution is 0.549. The van der Waals surface area contributed by atoms with Crippen molar-refractivity contribution in [2.45, 2.75) is 46.1 Å². The molecule has 2 heteroatoms. The highest BCUT2D eigenvalue weighted by Gasteiger charge is 2.13. The summed E-state index contributed by atoms with van der Waals surface area (Å²) in [6.45, 7) is 8.75. The molecule has 2 rings (SSSR count). The number of nitrogens with two attached hydrogens (primary N) is 1. The van der Waals surface area contributed by atoms with Crippen LogP contribution >= 0.6 is 0 Å². The van der Waals surface area contributed by atoms with Gasteiger partial charge in [0.05, 0.1) is 0 Å². The van der Waals surface area contributed by atoms with Crippen molar-refractivity contribution in [3.05, 3.63) is 70.3 Å². The Morgan fingerprint density at radius 2 is 1.43 bits per heavy atom. The average molecular weight is 282 g/mol. The smallest absolute Gasteiger partial charge is 0.0500 e. The molecule has 2 nitrogen and oxygen atoms in total. The zero-order valence-corrected chi connectivity index (χ0v) is 13.5. The Hall–Kier alpha value is -1.64. The van der Waals surface area contributed by atoms with Gasteiger partial charge in [-0.3, -0.25) is 11.3 Å². The maximum atomic E-state index is 5.80. The number of hydrazine groups is 1. The van der Waals surface area contributed by atoms with Crippen molar-refractivity contribution in [3.63, 3.8) is 0 Å². The van der Waals surface area contributed by atoms with Gasteiger partial charge in [0.25, 0.3) is 0 Å². The van der Waals surface area contributed by atoms with E-state index in [1.54, 1.807) is 0 Å². The summed E-state index contributed by atoms with van der Waals surface area (Å²) in [5.74, 6) is 6.36. The van der Waals surface area contributed by atoms with Crippen molar-refractivity contribution in [1.29, 1.82) is 0 Å². The number of rotatable bonds is 5. The van der Waals surface area contributed by atoms with E-state index in [1.165, 1.54) is 27.8 Å². The zero-order valence-electron chi connectivity index (χ0n) is 13.5. The Bertz CT molecular complexity index is 565. The van der Waals surface area contributed by atoms with Crippen molar-refractivity contribution in [2.75, 3.05) is 0 Å². The molecule has 21 heavy (non-hydrogen) atoms. The lowest BCUT2D eigenvalue weighted by atomic mass is 9.92. The molecular weight excluding hydrogens is 256 g/mol. The molecule has 0 heterocycles. The van der Waals surface area contributed by atoms with Crippen LogP contribution in [0.1, 0.15) is 53.6 Å². The van der Waals surface area contributed by atoms with Gasteiger partial charge < -0.3 is 0 Å². The van der Waals surface area contributed by atoms with Crippen molar-refractivity contribution < 1.29 is 0 Å². The molecule has 0 amide bonds. The van der Waals surface area contributed by atoms with Gasteiger partial charge in [-0.15, -0.1) is 0 Å². The van der Waals surface area contributed by atoms with Gasteiger partial charge in [-0.25, -0.2) is 0 Å². The Morgan fingerprint density at radius 1 is 0.905 bits per heavy atom. The molecule has 0 saturated heterocycles. The molecule has 3 N–H and O–H groups in total. The van der Waals surface area contributed by atoms with Crippen LogP contribution in [0.25, 0.3) is 0 Å². The minimum atomic E-state index is 0.144. The van der Waals surface area contributed by atoms with Gasteiger partial charge in [-0.05, 0) is 54.0 Å². The molecule has 1 unspecified atom stereocenters.